The number of hydrogen-bond acceptors (Lipinski definition) is 6. The zero-order valence-corrected chi connectivity index (χ0v) is 20.0. The molecule has 7 heteroatoms. The molecule has 0 spiro atoms. The maximum Gasteiger partial charge on any atom is 0.203 e. The largest absolute Gasteiger partial charge is 0.504 e. The van der Waals surface area contributed by atoms with Crippen molar-refractivity contribution in [1.29, 1.82) is 0 Å². The first kappa shape index (κ1) is 25.4. The third kappa shape index (κ3) is 6.20. The van der Waals surface area contributed by atoms with E-state index in [-0.39, 0.29) is 11.5 Å². The van der Waals surface area contributed by atoms with Gasteiger partial charge in [-0.15, -0.1) is 0 Å². The van der Waals surface area contributed by atoms with Crippen LogP contribution in [-0.4, -0.2) is 39.3 Å². The highest BCUT2D eigenvalue weighted by molar-refractivity contribution is 6.04. The quantitative estimate of drug-likeness (QED) is 0.228. The summed E-state index contributed by atoms with van der Waals surface area (Å²) in [6.45, 7) is 0. The number of aromatic hydroxyl groups is 1. The molecule has 0 unspecified atom stereocenters. The lowest BCUT2D eigenvalue weighted by Crippen LogP contribution is -1.96. The van der Waals surface area contributed by atoms with Gasteiger partial charge in [-0.1, -0.05) is 18.2 Å². The fraction of sp³-hybridized carbons (Fsp3) is 0.179. The number of ketones is 1. The third-order valence-corrected chi connectivity index (χ3v) is 5.32. The number of methoxy groups -OCH3 is 4. The Morgan fingerprint density at radius 3 is 2.06 bits per heavy atom. The van der Waals surface area contributed by atoms with Gasteiger partial charge in [-0.05, 0) is 77.7 Å². The van der Waals surface area contributed by atoms with Crippen LogP contribution in [0.2, 0.25) is 0 Å². The summed E-state index contributed by atoms with van der Waals surface area (Å²) in [4.78, 5) is 12.4. The number of carbonyl (C=O) groups excluding carboxylic acids is 1. The van der Waals surface area contributed by atoms with Crippen molar-refractivity contribution in [3.05, 3.63) is 88.8 Å². The molecule has 0 heterocycles. The molecule has 0 radical (unpaired) electrons. The summed E-state index contributed by atoms with van der Waals surface area (Å²) in [5.41, 5.74) is 2.75. The van der Waals surface area contributed by atoms with Crippen LogP contribution in [-0.2, 0) is 6.42 Å². The van der Waals surface area contributed by atoms with Gasteiger partial charge in [-0.25, -0.2) is 4.39 Å². The van der Waals surface area contributed by atoms with Crippen molar-refractivity contribution in [1.82, 2.24) is 0 Å². The van der Waals surface area contributed by atoms with E-state index in [0.717, 1.165) is 16.7 Å². The maximum atomic E-state index is 13.1. The lowest BCUT2D eigenvalue weighted by Gasteiger charge is -2.13. The van der Waals surface area contributed by atoms with Crippen LogP contribution in [0.5, 0.6) is 28.7 Å². The minimum atomic E-state index is -0.398. The lowest BCUT2D eigenvalue weighted by molar-refractivity contribution is 0.104. The standard InChI is InChI=1S/C28H27FO6/c1-32-25-17-20(6-5-7-23(30)19-10-12-22(29)13-11-19)21(16-24(25)31)9-8-18-14-26(33-2)28(35-4)27(15-18)34-3/h5,7-17,31H,6H2,1-4H3/b7-5-,9-8-. The van der Waals surface area contributed by atoms with Crippen LogP contribution in [0, 0.1) is 5.82 Å². The van der Waals surface area contributed by atoms with Gasteiger partial charge in [0.2, 0.25) is 5.75 Å². The first-order valence-electron chi connectivity index (χ1n) is 10.7. The van der Waals surface area contributed by atoms with Crippen molar-refractivity contribution in [3.8, 4) is 28.7 Å². The van der Waals surface area contributed by atoms with Gasteiger partial charge in [0.05, 0.1) is 28.4 Å². The van der Waals surface area contributed by atoms with Gasteiger partial charge in [0.1, 0.15) is 5.82 Å². The second-order valence-corrected chi connectivity index (χ2v) is 7.49. The number of carbonyl (C=O) groups is 1. The number of allylic oxidation sites excluding steroid dienone is 2. The van der Waals surface area contributed by atoms with E-state index in [1.165, 1.54) is 44.6 Å². The number of benzene rings is 3. The van der Waals surface area contributed by atoms with E-state index in [1.807, 2.05) is 24.3 Å². The second-order valence-electron chi connectivity index (χ2n) is 7.49. The molecule has 3 aromatic carbocycles. The molecule has 0 amide bonds. The highest BCUT2D eigenvalue weighted by Crippen LogP contribution is 2.39. The molecule has 35 heavy (non-hydrogen) atoms. The Kier molecular flexibility index (Phi) is 8.51. The Balaban J connectivity index is 1.90. The SMILES string of the molecule is COc1cc(C/C=C\C(=O)c2ccc(F)cc2)c(/C=C\c2cc(OC)c(OC)c(OC)c2)cc1O. The summed E-state index contributed by atoms with van der Waals surface area (Å²) >= 11 is 0. The number of rotatable bonds is 10. The fourth-order valence-electron chi connectivity index (χ4n) is 3.51. The molecule has 0 aromatic heterocycles. The Labute approximate surface area is 203 Å². The average Bonchev–Trinajstić information content (AvgIpc) is 2.87. The number of hydrogen-bond donors (Lipinski definition) is 1. The zero-order valence-electron chi connectivity index (χ0n) is 20.0. The van der Waals surface area contributed by atoms with Gasteiger partial charge >= 0.3 is 0 Å². The summed E-state index contributed by atoms with van der Waals surface area (Å²) in [5, 5.41) is 10.3. The van der Waals surface area contributed by atoms with E-state index in [4.69, 9.17) is 18.9 Å². The predicted molar refractivity (Wildman–Crippen MR) is 133 cm³/mol. The number of halogens is 1. The second kappa shape index (κ2) is 11.7. The molecule has 0 aliphatic carbocycles. The smallest absolute Gasteiger partial charge is 0.203 e. The van der Waals surface area contributed by atoms with Crippen LogP contribution in [0.25, 0.3) is 12.2 Å². The van der Waals surface area contributed by atoms with Gasteiger partial charge < -0.3 is 24.1 Å². The molecule has 0 fully saturated rings. The van der Waals surface area contributed by atoms with Crippen LogP contribution in [0.3, 0.4) is 0 Å². The molecule has 0 aliphatic rings. The number of ether oxygens (including phenoxy) is 4. The van der Waals surface area contributed by atoms with Gasteiger partial charge in [-0.3, -0.25) is 4.79 Å². The van der Waals surface area contributed by atoms with Crippen molar-refractivity contribution in [2.24, 2.45) is 0 Å². The Morgan fingerprint density at radius 1 is 0.857 bits per heavy atom. The van der Waals surface area contributed by atoms with E-state index >= 15 is 0 Å². The summed E-state index contributed by atoms with van der Waals surface area (Å²) in [6, 6.07) is 12.3. The van der Waals surface area contributed by atoms with E-state index in [1.54, 1.807) is 32.4 Å². The summed E-state index contributed by atoms with van der Waals surface area (Å²) in [6.07, 6.45) is 7.25. The molecule has 1 N–H and O–H groups in total. The molecule has 0 bridgehead atoms. The molecule has 3 rings (SSSR count). The van der Waals surface area contributed by atoms with Crippen molar-refractivity contribution in [3.63, 3.8) is 0 Å². The van der Waals surface area contributed by atoms with Gasteiger partial charge in [0, 0.05) is 5.56 Å². The first-order chi connectivity index (χ1) is 16.9. The van der Waals surface area contributed by atoms with E-state index in [2.05, 4.69) is 0 Å². The molecule has 3 aromatic rings. The van der Waals surface area contributed by atoms with E-state index in [0.29, 0.717) is 35.0 Å². The Bertz CT molecular complexity index is 1220. The molecule has 0 saturated carbocycles. The van der Waals surface area contributed by atoms with Crippen LogP contribution in [0.4, 0.5) is 4.39 Å². The van der Waals surface area contributed by atoms with Crippen LogP contribution in [0.15, 0.2) is 60.7 Å². The van der Waals surface area contributed by atoms with Crippen LogP contribution < -0.4 is 18.9 Å². The molecular formula is C28H27FO6. The summed E-state index contributed by atoms with van der Waals surface area (Å²) < 4.78 is 34.5. The third-order valence-electron chi connectivity index (χ3n) is 5.32. The highest BCUT2D eigenvalue weighted by atomic mass is 19.1. The molecule has 0 aliphatic heterocycles. The molecular weight excluding hydrogens is 451 g/mol. The van der Waals surface area contributed by atoms with Gasteiger partial charge in [0.25, 0.3) is 0 Å². The zero-order chi connectivity index (χ0) is 25.4. The highest BCUT2D eigenvalue weighted by Gasteiger charge is 2.13. The van der Waals surface area contributed by atoms with Gasteiger partial charge in [0.15, 0.2) is 28.8 Å². The number of phenolic OH excluding ortho intramolecular Hbond substituents is 1. The van der Waals surface area contributed by atoms with E-state index < -0.39 is 5.82 Å². The normalized spacial score (nSPS) is 11.1. The Morgan fingerprint density at radius 2 is 1.49 bits per heavy atom. The minimum Gasteiger partial charge on any atom is -0.504 e. The number of phenols is 1. The molecule has 182 valence electrons. The van der Waals surface area contributed by atoms with Crippen molar-refractivity contribution in [2.45, 2.75) is 6.42 Å². The monoisotopic (exact) mass is 478 g/mol. The fourth-order valence-corrected chi connectivity index (χ4v) is 3.51. The topological polar surface area (TPSA) is 74.2 Å². The van der Waals surface area contributed by atoms with Crippen molar-refractivity contribution < 1.29 is 33.2 Å². The van der Waals surface area contributed by atoms with Crippen molar-refractivity contribution >= 4 is 17.9 Å². The van der Waals surface area contributed by atoms with Gasteiger partial charge in [-0.2, -0.15) is 0 Å². The maximum absolute atomic E-state index is 13.1. The summed E-state index contributed by atoms with van der Waals surface area (Å²) in [7, 11) is 6.10. The first-order valence-corrected chi connectivity index (χ1v) is 10.7. The summed E-state index contributed by atoms with van der Waals surface area (Å²) in [5.74, 6) is 1.22. The Hall–Kier alpha value is -4.26. The van der Waals surface area contributed by atoms with Crippen LogP contribution >= 0.6 is 0 Å². The lowest BCUT2D eigenvalue weighted by atomic mass is 10.0. The molecule has 0 saturated heterocycles. The van der Waals surface area contributed by atoms with Crippen molar-refractivity contribution in [2.75, 3.05) is 28.4 Å². The van der Waals surface area contributed by atoms with Crippen LogP contribution in [0.1, 0.15) is 27.0 Å². The minimum absolute atomic E-state index is 0.00726. The molecule has 6 nitrogen and oxygen atoms in total. The van der Waals surface area contributed by atoms with E-state index in [9.17, 15) is 14.3 Å². The average molecular weight is 479 g/mol. The predicted octanol–water partition coefficient (Wildman–Crippen LogP) is 5.72. The molecule has 0 atom stereocenters.